The molecule has 0 aliphatic rings. The third-order valence-electron chi connectivity index (χ3n) is 5.27. The zero-order chi connectivity index (χ0) is 21.6. The van der Waals surface area contributed by atoms with Gasteiger partial charge in [-0.15, -0.1) is 0 Å². The average molecular weight is 413 g/mol. The quantitative estimate of drug-likeness (QED) is 0.255. The molecule has 0 N–H and O–H groups in total. The SMILES string of the molecule is CCCCCCCCC(C)OC(=O)CCCC(=O)OCc1ccc2ccccc2c1. The summed E-state index contributed by atoms with van der Waals surface area (Å²) in [6, 6.07) is 14.1. The summed E-state index contributed by atoms with van der Waals surface area (Å²) in [5.74, 6) is -0.508. The van der Waals surface area contributed by atoms with Crippen molar-refractivity contribution in [1.29, 1.82) is 0 Å². The Bertz CT molecular complexity index is 783. The molecule has 30 heavy (non-hydrogen) atoms. The van der Waals surface area contributed by atoms with Crippen LogP contribution in [-0.4, -0.2) is 18.0 Å². The molecule has 0 heterocycles. The minimum absolute atomic E-state index is 0.0523. The van der Waals surface area contributed by atoms with Gasteiger partial charge in [0.15, 0.2) is 0 Å². The number of unbranched alkanes of at least 4 members (excludes halogenated alkanes) is 5. The summed E-state index contributed by atoms with van der Waals surface area (Å²) in [6.45, 7) is 4.41. The molecule has 0 spiro atoms. The lowest BCUT2D eigenvalue weighted by molar-refractivity contribution is -0.149. The average Bonchev–Trinajstić information content (AvgIpc) is 2.74. The van der Waals surface area contributed by atoms with Crippen molar-refractivity contribution in [2.75, 3.05) is 0 Å². The van der Waals surface area contributed by atoms with E-state index in [1.165, 1.54) is 32.1 Å². The molecule has 0 saturated heterocycles. The molecule has 0 saturated carbocycles. The summed E-state index contributed by atoms with van der Waals surface area (Å²) in [4.78, 5) is 23.9. The first-order valence-corrected chi connectivity index (χ1v) is 11.4. The Balaban J connectivity index is 1.55. The van der Waals surface area contributed by atoms with Gasteiger partial charge in [0.1, 0.15) is 6.61 Å². The zero-order valence-corrected chi connectivity index (χ0v) is 18.5. The monoisotopic (exact) mass is 412 g/mol. The normalized spacial score (nSPS) is 11.9. The van der Waals surface area contributed by atoms with Gasteiger partial charge in [-0.2, -0.15) is 0 Å². The van der Waals surface area contributed by atoms with E-state index in [1.807, 2.05) is 43.3 Å². The number of hydrogen-bond acceptors (Lipinski definition) is 4. The molecule has 0 amide bonds. The highest BCUT2D eigenvalue weighted by molar-refractivity contribution is 5.83. The molecule has 2 aromatic rings. The van der Waals surface area contributed by atoms with Crippen LogP contribution in [0.5, 0.6) is 0 Å². The predicted molar refractivity (Wildman–Crippen MR) is 121 cm³/mol. The maximum atomic E-state index is 12.0. The fourth-order valence-corrected chi connectivity index (χ4v) is 3.50. The molecule has 0 aromatic heterocycles. The third kappa shape index (κ3) is 9.43. The van der Waals surface area contributed by atoms with Gasteiger partial charge < -0.3 is 9.47 Å². The predicted octanol–water partition coefficient (Wildman–Crippen LogP) is 6.74. The maximum Gasteiger partial charge on any atom is 0.306 e. The lowest BCUT2D eigenvalue weighted by atomic mass is 10.1. The fourth-order valence-electron chi connectivity index (χ4n) is 3.50. The minimum atomic E-state index is -0.281. The van der Waals surface area contributed by atoms with E-state index in [9.17, 15) is 9.59 Å². The standard InChI is InChI=1S/C26H36O4/c1-3-4-5-6-7-8-12-21(2)30-26(28)16-11-15-25(27)29-20-22-17-18-23-13-9-10-14-24(23)19-22/h9-10,13-14,17-19,21H,3-8,11-12,15-16,20H2,1-2H3. The van der Waals surface area contributed by atoms with Crippen LogP contribution in [0.3, 0.4) is 0 Å². The highest BCUT2D eigenvalue weighted by Gasteiger charge is 2.11. The van der Waals surface area contributed by atoms with Crippen LogP contribution in [0.2, 0.25) is 0 Å². The van der Waals surface area contributed by atoms with Crippen molar-refractivity contribution in [3.05, 3.63) is 48.0 Å². The summed E-state index contributed by atoms with van der Waals surface area (Å²) in [5, 5.41) is 2.29. The number of fused-ring (bicyclic) bond motifs is 1. The van der Waals surface area contributed by atoms with Gasteiger partial charge in [-0.05, 0) is 48.6 Å². The van der Waals surface area contributed by atoms with E-state index in [0.29, 0.717) is 6.42 Å². The van der Waals surface area contributed by atoms with E-state index in [2.05, 4.69) is 13.0 Å². The first-order valence-electron chi connectivity index (χ1n) is 11.4. The second-order valence-corrected chi connectivity index (χ2v) is 8.05. The third-order valence-corrected chi connectivity index (χ3v) is 5.27. The van der Waals surface area contributed by atoms with Crippen molar-refractivity contribution in [2.24, 2.45) is 0 Å². The van der Waals surface area contributed by atoms with Gasteiger partial charge in [0.05, 0.1) is 6.10 Å². The minimum Gasteiger partial charge on any atom is -0.463 e. The van der Waals surface area contributed by atoms with Crippen molar-refractivity contribution in [3.8, 4) is 0 Å². The van der Waals surface area contributed by atoms with E-state index in [0.717, 1.165) is 29.2 Å². The summed E-state index contributed by atoms with van der Waals surface area (Å²) in [7, 11) is 0. The molecular weight excluding hydrogens is 376 g/mol. The van der Waals surface area contributed by atoms with Crippen molar-refractivity contribution in [1.82, 2.24) is 0 Å². The Labute approximate surface area is 181 Å². The summed E-state index contributed by atoms with van der Waals surface area (Å²) in [6.07, 6.45) is 9.20. The lowest BCUT2D eigenvalue weighted by Gasteiger charge is -2.13. The molecule has 0 fully saturated rings. The molecule has 0 bridgehead atoms. The number of carbonyl (C=O) groups is 2. The number of rotatable bonds is 14. The van der Waals surface area contributed by atoms with Gasteiger partial charge in [-0.25, -0.2) is 0 Å². The van der Waals surface area contributed by atoms with Crippen molar-refractivity contribution < 1.29 is 19.1 Å². The first kappa shape index (κ1) is 23.9. The first-order chi connectivity index (χ1) is 14.6. The number of ether oxygens (including phenoxy) is 2. The molecule has 1 unspecified atom stereocenters. The van der Waals surface area contributed by atoms with Crippen molar-refractivity contribution in [2.45, 2.75) is 90.8 Å². The van der Waals surface area contributed by atoms with Gasteiger partial charge in [-0.1, -0.05) is 75.4 Å². The molecule has 2 aromatic carbocycles. The highest BCUT2D eigenvalue weighted by atomic mass is 16.5. The van der Waals surface area contributed by atoms with Gasteiger partial charge in [0.2, 0.25) is 0 Å². The van der Waals surface area contributed by atoms with Crippen LogP contribution in [0.15, 0.2) is 42.5 Å². The molecule has 0 aliphatic heterocycles. The Hall–Kier alpha value is -2.36. The molecule has 2 rings (SSSR count). The van der Waals surface area contributed by atoms with Crippen molar-refractivity contribution >= 4 is 22.7 Å². The molecular formula is C26H36O4. The van der Waals surface area contributed by atoms with Gasteiger partial charge in [0.25, 0.3) is 0 Å². The van der Waals surface area contributed by atoms with Gasteiger partial charge in [0, 0.05) is 12.8 Å². The molecule has 4 heteroatoms. The topological polar surface area (TPSA) is 52.6 Å². The number of carbonyl (C=O) groups excluding carboxylic acids is 2. The fraction of sp³-hybridized carbons (Fsp3) is 0.538. The number of esters is 2. The number of benzene rings is 2. The number of hydrogen-bond donors (Lipinski definition) is 0. The van der Waals surface area contributed by atoms with E-state index in [-0.39, 0.29) is 37.5 Å². The smallest absolute Gasteiger partial charge is 0.306 e. The van der Waals surface area contributed by atoms with Crippen LogP contribution in [0.25, 0.3) is 10.8 Å². The van der Waals surface area contributed by atoms with Crippen LogP contribution < -0.4 is 0 Å². The van der Waals surface area contributed by atoms with Crippen LogP contribution >= 0.6 is 0 Å². The van der Waals surface area contributed by atoms with E-state index in [1.54, 1.807) is 0 Å². The Morgan fingerprint density at radius 2 is 1.53 bits per heavy atom. The van der Waals surface area contributed by atoms with Crippen LogP contribution in [-0.2, 0) is 25.7 Å². The van der Waals surface area contributed by atoms with Gasteiger partial charge >= 0.3 is 11.9 Å². The lowest BCUT2D eigenvalue weighted by Crippen LogP contribution is -2.15. The molecule has 164 valence electrons. The zero-order valence-electron chi connectivity index (χ0n) is 18.5. The van der Waals surface area contributed by atoms with Crippen LogP contribution in [0.4, 0.5) is 0 Å². The molecule has 0 aliphatic carbocycles. The van der Waals surface area contributed by atoms with Gasteiger partial charge in [-0.3, -0.25) is 9.59 Å². The molecule has 1 atom stereocenters. The maximum absolute atomic E-state index is 12.0. The molecule has 0 radical (unpaired) electrons. The Morgan fingerprint density at radius 1 is 0.833 bits per heavy atom. The van der Waals surface area contributed by atoms with Crippen LogP contribution in [0.1, 0.15) is 83.6 Å². The van der Waals surface area contributed by atoms with E-state index < -0.39 is 0 Å². The van der Waals surface area contributed by atoms with Crippen LogP contribution in [0, 0.1) is 0 Å². The largest absolute Gasteiger partial charge is 0.463 e. The summed E-state index contributed by atoms with van der Waals surface area (Å²) in [5.41, 5.74) is 0.963. The Kier molecular flexibility index (Phi) is 11.0. The Morgan fingerprint density at radius 3 is 2.33 bits per heavy atom. The summed E-state index contributed by atoms with van der Waals surface area (Å²) < 4.78 is 10.8. The molecule has 4 nitrogen and oxygen atoms in total. The van der Waals surface area contributed by atoms with Crippen molar-refractivity contribution in [3.63, 3.8) is 0 Å². The second-order valence-electron chi connectivity index (χ2n) is 8.05. The van der Waals surface area contributed by atoms with E-state index >= 15 is 0 Å². The van der Waals surface area contributed by atoms with E-state index in [4.69, 9.17) is 9.47 Å². The summed E-state index contributed by atoms with van der Waals surface area (Å²) >= 11 is 0. The highest BCUT2D eigenvalue weighted by Crippen LogP contribution is 2.16. The second kappa shape index (κ2) is 13.8.